The number of hydrogen-bond donors (Lipinski definition) is 2. The number of amides is 2. The van der Waals surface area contributed by atoms with Crippen LogP contribution in [0.25, 0.3) is 0 Å². The average molecular weight is 441 g/mol. The number of ether oxygens (including phenoxy) is 3. The second kappa shape index (κ2) is 10.0. The average Bonchev–Trinajstić information content (AvgIpc) is 3.13. The second-order valence-corrected chi connectivity index (χ2v) is 7.34. The lowest BCUT2D eigenvalue weighted by Gasteiger charge is -2.24. The molecule has 1 aliphatic heterocycles. The Labute approximate surface area is 186 Å². The van der Waals surface area contributed by atoms with Gasteiger partial charge in [-0.05, 0) is 36.2 Å². The minimum absolute atomic E-state index is 0.00532. The number of nitrogens with zero attached hydrogens (tertiary/aromatic N) is 1. The monoisotopic (exact) mass is 441 g/mol. The predicted octanol–water partition coefficient (Wildman–Crippen LogP) is 2.08. The summed E-state index contributed by atoms with van der Waals surface area (Å²) in [6.45, 7) is 0.713. The van der Waals surface area contributed by atoms with E-state index in [0.29, 0.717) is 23.6 Å². The van der Waals surface area contributed by atoms with Crippen molar-refractivity contribution in [1.29, 1.82) is 0 Å². The molecule has 0 radical (unpaired) electrons. The van der Waals surface area contributed by atoms with Gasteiger partial charge in [-0.1, -0.05) is 12.1 Å². The molecular weight excluding hydrogens is 414 g/mol. The summed E-state index contributed by atoms with van der Waals surface area (Å²) in [6, 6.07) is 10.1. The molecule has 0 unspecified atom stereocenters. The number of methoxy groups -OCH3 is 3. The standard InChI is InChI=1S/C23H27N3O6/c1-30-19-9-7-14(11-20(19)31-2)12-25-17-6-4-5-15-16(17)13-26(23(15)29)18(22(24)28)8-10-21(27)32-3/h4-7,9,11,18,25H,8,10,12-13H2,1-3H3,(H2,24,28)/t18-/m0/s1. The molecule has 0 aromatic heterocycles. The molecule has 0 fully saturated rings. The van der Waals surface area contributed by atoms with Gasteiger partial charge >= 0.3 is 5.97 Å². The lowest BCUT2D eigenvalue weighted by Crippen LogP contribution is -2.45. The molecule has 2 amide bonds. The van der Waals surface area contributed by atoms with E-state index in [0.717, 1.165) is 16.8 Å². The summed E-state index contributed by atoms with van der Waals surface area (Å²) in [5.74, 6) is -0.139. The Morgan fingerprint density at radius 3 is 2.53 bits per heavy atom. The molecule has 0 saturated carbocycles. The van der Waals surface area contributed by atoms with Crippen LogP contribution in [0.15, 0.2) is 36.4 Å². The van der Waals surface area contributed by atoms with E-state index in [1.54, 1.807) is 26.4 Å². The van der Waals surface area contributed by atoms with E-state index in [4.69, 9.17) is 15.2 Å². The van der Waals surface area contributed by atoms with E-state index >= 15 is 0 Å². The van der Waals surface area contributed by atoms with Gasteiger partial charge in [0.1, 0.15) is 6.04 Å². The number of nitrogens with one attached hydrogen (secondary N) is 1. The smallest absolute Gasteiger partial charge is 0.305 e. The zero-order valence-corrected chi connectivity index (χ0v) is 18.3. The summed E-state index contributed by atoms with van der Waals surface area (Å²) < 4.78 is 15.2. The van der Waals surface area contributed by atoms with Gasteiger partial charge in [-0.15, -0.1) is 0 Å². The van der Waals surface area contributed by atoms with E-state index in [9.17, 15) is 14.4 Å². The van der Waals surface area contributed by atoms with E-state index in [1.165, 1.54) is 12.0 Å². The Kier molecular flexibility index (Phi) is 7.19. The molecule has 3 rings (SSSR count). The Morgan fingerprint density at radius 1 is 1.12 bits per heavy atom. The molecule has 9 heteroatoms. The van der Waals surface area contributed by atoms with Crippen molar-refractivity contribution in [3.05, 3.63) is 53.1 Å². The maximum Gasteiger partial charge on any atom is 0.305 e. The molecule has 3 N–H and O–H groups in total. The minimum atomic E-state index is -0.896. The van der Waals surface area contributed by atoms with Crippen molar-refractivity contribution in [3.8, 4) is 11.5 Å². The first-order chi connectivity index (χ1) is 15.4. The van der Waals surface area contributed by atoms with Gasteiger partial charge in [0.05, 0.1) is 21.3 Å². The van der Waals surface area contributed by atoms with Gasteiger partial charge < -0.3 is 30.2 Å². The third-order valence-corrected chi connectivity index (χ3v) is 5.48. The fourth-order valence-electron chi connectivity index (χ4n) is 3.77. The number of anilines is 1. The van der Waals surface area contributed by atoms with Crippen LogP contribution in [0.5, 0.6) is 11.5 Å². The van der Waals surface area contributed by atoms with Gasteiger partial charge in [-0.2, -0.15) is 0 Å². The summed E-state index contributed by atoms with van der Waals surface area (Å²) >= 11 is 0. The summed E-state index contributed by atoms with van der Waals surface area (Å²) in [5.41, 5.74) is 8.58. The summed E-state index contributed by atoms with van der Waals surface area (Å²) in [7, 11) is 4.43. The fraction of sp³-hybridized carbons (Fsp3) is 0.348. The maximum absolute atomic E-state index is 13.0. The highest BCUT2D eigenvalue weighted by molar-refractivity contribution is 6.02. The van der Waals surface area contributed by atoms with E-state index < -0.39 is 17.9 Å². The van der Waals surface area contributed by atoms with Gasteiger partial charge in [-0.25, -0.2) is 0 Å². The van der Waals surface area contributed by atoms with Crippen LogP contribution in [-0.2, 0) is 27.4 Å². The highest BCUT2D eigenvalue weighted by Crippen LogP contribution is 2.33. The van der Waals surface area contributed by atoms with Crippen molar-refractivity contribution in [2.24, 2.45) is 5.73 Å². The van der Waals surface area contributed by atoms with Gasteiger partial charge in [0.25, 0.3) is 5.91 Å². The van der Waals surface area contributed by atoms with Gasteiger partial charge in [-0.3, -0.25) is 14.4 Å². The molecule has 0 bridgehead atoms. The highest BCUT2D eigenvalue weighted by Gasteiger charge is 2.36. The molecule has 32 heavy (non-hydrogen) atoms. The van der Waals surface area contributed by atoms with Gasteiger partial charge in [0.2, 0.25) is 5.91 Å². The molecule has 0 aliphatic carbocycles. The van der Waals surface area contributed by atoms with Crippen molar-refractivity contribution in [3.63, 3.8) is 0 Å². The number of fused-ring (bicyclic) bond motifs is 1. The number of nitrogens with two attached hydrogens (primary N) is 1. The third kappa shape index (κ3) is 4.77. The van der Waals surface area contributed by atoms with E-state index in [2.05, 4.69) is 10.1 Å². The van der Waals surface area contributed by atoms with Crippen molar-refractivity contribution in [2.45, 2.75) is 32.0 Å². The first-order valence-corrected chi connectivity index (χ1v) is 10.1. The van der Waals surface area contributed by atoms with Gasteiger partial charge in [0.15, 0.2) is 11.5 Å². The maximum atomic E-state index is 13.0. The Hall–Kier alpha value is -3.75. The molecule has 1 heterocycles. The number of esters is 1. The zero-order valence-electron chi connectivity index (χ0n) is 18.3. The second-order valence-electron chi connectivity index (χ2n) is 7.34. The van der Waals surface area contributed by atoms with Crippen LogP contribution in [0.4, 0.5) is 5.69 Å². The normalized spacial score (nSPS) is 13.3. The SMILES string of the molecule is COC(=O)CC[C@@H](C(N)=O)N1Cc2c(NCc3ccc(OC)c(OC)c3)cccc2C1=O. The Bertz CT molecular complexity index is 1020. The van der Waals surface area contributed by atoms with Crippen LogP contribution in [0.3, 0.4) is 0 Å². The van der Waals surface area contributed by atoms with E-state index in [1.807, 2.05) is 24.3 Å². The molecule has 0 saturated heterocycles. The van der Waals surface area contributed by atoms with Crippen LogP contribution in [0.2, 0.25) is 0 Å². The number of benzene rings is 2. The Balaban J connectivity index is 1.77. The first kappa shape index (κ1) is 22.9. The lowest BCUT2D eigenvalue weighted by atomic mass is 10.1. The van der Waals surface area contributed by atoms with Crippen LogP contribution in [0, 0.1) is 0 Å². The predicted molar refractivity (Wildman–Crippen MR) is 117 cm³/mol. The summed E-state index contributed by atoms with van der Waals surface area (Å²) in [4.78, 5) is 37.9. The molecular formula is C23H27N3O6. The summed E-state index contributed by atoms with van der Waals surface area (Å²) in [5, 5.41) is 3.35. The minimum Gasteiger partial charge on any atom is -0.493 e. The lowest BCUT2D eigenvalue weighted by molar-refractivity contribution is -0.141. The van der Waals surface area contributed by atoms with Gasteiger partial charge in [0, 0.05) is 36.3 Å². The molecule has 2 aromatic rings. The van der Waals surface area contributed by atoms with Crippen molar-refractivity contribution in [1.82, 2.24) is 4.90 Å². The number of primary amides is 1. The van der Waals surface area contributed by atoms with E-state index in [-0.39, 0.29) is 25.3 Å². The highest BCUT2D eigenvalue weighted by atomic mass is 16.5. The quantitative estimate of drug-likeness (QED) is 0.542. The summed E-state index contributed by atoms with van der Waals surface area (Å²) in [6.07, 6.45) is 0.102. The van der Waals surface area contributed by atoms with Crippen molar-refractivity contribution < 1.29 is 28.6 Å². The van der Waals surface area contributed by atoms with Crippen molar-refractivity contribution in [2.75, 3.05) is 26.6 Å². The van der Waals surface area contributed by atoms with Crippen LogP contribution in [0.1, 0.15) is 34.3 Å². The molecule has 0 spiro atoms. The molecule has 1 atom stereocenters. The largest absolute Gasteiger partial charge is 0.493 e. The zero-order chi connectivity index (χ0) is 23.3. The third-order valence-electron chi connectivity index (χ3n) is 5.48. The number of rotatable bonds is 10. The van der Waals surface area contributed by atoms with Crippen LogP contribution >= 0.6 is 0 Å². The molecule has 1 aliphatic rings. The molecule has 2 aromatic carbocycles. The topological polar surface area (TPSA) is 120 Å². The first-order valence-electron chi connectivity index (χ1n) is 10.1. The number of carbonyl (C=O) groups is 3. The molecule has 9 nitrogen and oxygen atoms in total. The van der Waals surface area contributed by atoms with Crippen LogP contribution in [-0.4, -0.2) is 50.1 Å². The number of hydrogen-bond acceptors (Lipinski definition) is 7. The van der Waals surface area contributed by atoms with Crippen molar-refractivity contribution >= 4 is 23.5 Å². The number of carbonyl (C=O) groups excluding carboxylic acids is 3. The van der Waals surface area contributed by atoms with Crippen LogP contribution < -0.4 is 20.5 Å². The fourth-order valence-corrected chi connectivity index (χ4v) is 3.77. The molecule has 170 valence electrons. The Morgan fingerprint density at radius 2 is 1.88 bits per heavy atom.